The van der Waals surface area contributed by atoms with E-state index < -0.39 is 0 Å². The maximum Gasteiger partial charge on any atom is 0.0635 e. The van der Waals surface area contributed by atoms with Gasteiger partial charge in [0.15, 0.2) is 0 Å². The molecule has 0 amide bonds. The summed E-state index contributed by atoms with van der Waals surface area (Å²) in [4.78, 5) is 0. The third-order valence-corrected chi connectivity index (χ3v) is 3.11. The molecule has 0 bridgehead atoms. The molecule has 0 aromatic heterocycles. The largest absolute Gasteiger partial charge is 0.394 e. The van der Waals surface area contributed by atoms with Gasteiger partial charge in [-0.3, -0.25) is 0 Å². The lowest BCUT2D eigenvalue weighted by atomic mass is 9.97. The van der Waals surface area contributed by atoms with Crippen molar-refractivity contribution in [1.82, 2.24) is 0 Å². The molecule has 0 aliphatic heterocycles. The van der Waals surface area contributed by atoms with Crippen LogP contribution in [0.1, 0.15) is 32.3 Å². The molecule has 0 radical (unpaired) electrons. The minimum atomic E-state index is 0.154. The van der Waals surface area contributed by atoms with Crippen LogP contribution in [-0.2, 0) is 0 Å². The van der Waals surface area contributed by atoms with Crippen molar-refractivity contribution in [3.63, 3.8) is 0 Å². The molecule has 0 spiro atoms. The van der Waals surface area contributed by atoms with E-state index in [9.17, 15) is 5.11 Å². The highest BCUT2D eigenvalue weighted by atomic mass is 16.3. The molecule has 1 rings (SSSR count). The lowest BCUT2D eigenvalue weighted by Gasteiger charge is -2.24. The second-order valence-electron chi connectivity index (χ2n) is 4.51. The Hall–Kier alpha value is -1.02. The summed E-state index contributed by atoms with van der Waals surface area (Å²) in [5.41, 5.74) is 2.36. The molecule has 0 heterocycles. The molecular formula is C14H23NO. The molecule has 2 atom stereocenters. The minimum absolute atomic E-state index is 0.154. The zero-order valence-corrected chi connectivity index (χ0v) is 10.5. The smallest absolute Gasteiger partial charge is 0.0635 e. The van der Waals surface area contributed by atoms with Crippen molar-refractivity contribution in [2.24, 2.45) is 5.92 Å². The van der Waals surface area contributed by atoms with Crippen molar-refractivity contribution in [3.8, 4) is 0 Å². The van der Waals surface area contributed by atoms with Crippen molar-refractivity contribution in [2.75, 3.05) is 11.9 Å². The van der Waals surface area contributed by atoms with Crippen LogP contribution >= 0.6 is 0 Å². The molecule has 0 aliphatic carbocycles. The zero-order valence-electron chi connectivity index (χ0n) is 10.5. The highest BCUT2D eigenvalue weighted by Crippen LogP contribution is 2.19. The Bertz CT molecular complexity index is 311. The van der Waals surface area contributed by atoms with Gasteiger partial charge < -0.3 is 10.4 Å². The van der Waals surface area contributed by atoms with E-state index in [0.717, 1.165) is 18.5 Å². The molecule has 2 N–H and O–H groups in total. The van der Waals surface area contributed by atoms with E-state index in [1.54, 1.807) is 0 Å². The molecule has 2 unspecified atom stereocenters. The Morgan fingerprint density at radius 3 is 2.56 bits per heavy atom. The highest BCUT2D eigenvalue weighted by molar-refractivity contribution is 5.51. The van der Waals surface area contributed by atoms with E-state index >= 15 is 0 Å². The Morgan fingerprint density at radius 2 is 2.00 bits per heavy atom. The molecule has 1 aromatic rings. The summed E-state index contributed by atoms with van der Waals surface area (Å²) in [6, 6.07) is 8.36. The molecule has 2 nitrogen and oxygen atoms in total. The Kier molecular flexibility index (Phi) is 5.33. The Balaban J connectivity index is 2.66. The van der Waals surface area contributed by atoms with E-state index in [1.165, 1.54) is 5.56 Å². The summed E-state index contributed by atoms with van der Waals surface area (Å²) in [7, 11) is 0. The number of benzene rings is 1. The summed E-state index contributed by atoms with van der Waals surface area (Å²) in [5, 5.41) is 12.8. The van der Waals surface area contributed by atoms with Crippen LogP contribution in [0, 0.1) is 12.8 Å². The predicted octanol–water partition coefficient (Wildman–Crippen LogP) is 3.20. The number of anilines is 1. The van der Waals surface area contributed by atoms with Crippen molar-refractivity contribution in [3.05, 3.63) is 29.8 Å². The number of hydrogen-bond acceptors (Lipinski definition) is 2. The molecule has 0 saturated carbocycles. The van der Waals surface area contributed by atoms with Gasteiger partial charge in [-0.15, -0.1) is 0 Å². The van der Waals surface area contributed by atoms with Crippen molar-refractivity contribution in [2.45, 2.75) is 39.7 Å². The molecule has 1 aromatic carbocycles. The maximum atomic E-state index is 9.41. The number of aliphatic hydroxyl groups excluding tert-OH is 1. The third kappa shape index (κ3) is 3.53. The quantitative estimate of drug-likeness (QED) is 0.773. The van der Waals surface area contributed by atoms with E-state index in [4.69, 9.17) is 0 Å². The standard InChI is InChI=1S/C14H23NO/c1-4-7-11(2)14(10-16)15-13-9-6-5-8-12(13)3/h5-6,8-9,11,14-16H,4,7,10H2,1-3H3. The topological polar surface area (TPSA) is 32.3 Å². The summed E-state index contributed by atoms with van der Waals surface area (Å²) in [5.74, 6) is 0.495. The number of hydrogen-bond donors (Lipinski definition) is 2. The predicted molar refractivity (Wildman–Crippen MR) is 69.7 cm³/mol. The fraction of sp³-hybridized carbons (Fsp3) is 0.571. The molecule has 90 valence electrons. The van der Waals surface area contributed by atoms with Crippen molar-refractivity contribution >= 4 is 5.69 Å². The lowest BCUT2D eigenvalue weighted by Crippen LogP contribution is -2.31. The molecule has 0 fully saturated rings. The van der Waals surface area contributed by atoms with Gasteiger partial charge in [-0.05, 0) is 30.9 Å². The monoisotopic (exact) mass is 221 g/mol. The van der Waals surface area contributed by atoms with Gasteiger partial charge in [0.2, 0.25) is 0 Å². The van der Waals surface area contributed by atoms with Crippen LogP contribution in [0.2, 0.25) is 0 Å². The lowest BCUT2D eigenvalue weighted by molar-refractivity contribution is 0.238. The molecule has 0 saturated heterocycles. The van der Waals surface area contributed by atoms with Gasteiger partial charge in [-0.1, -0.05) is 38.5 Å². The van der Waals surface area contributed by atoms with Gasteiger partial charge in [0.25, 0.3) is 0 Å². The number of rotatable bonds is 6. The van der Waals surface area contributed by atoms with E-state index in [1.807, 2.05) is 12.1 Å². The Labute approximate surface area is 98.7 Å². The summed E-state index contributed by atoms with van der Waals surface area (Å²) < 4.78 is 0. The number of aliphatic hydroxyl groups is 1. The first-order valence-corrected chi connectivity index (χ1v) is 6.12. The average Bonchev–Trinajstić information content (AvgIpc) is 2.28. The van der Waals surface area contributed by atoms with Crippen LogP contribution in [0.3, 0.4) is 0 Å². The minimum Gasteiger partial charge on any atom is -0.394 e. The van der Waals surface area contributed by atoms with E-state index in [-0.39, 0.29) is 12.6 Å². The van der Waals surface area contributed by atoms with Gasteiger partial charge in [0.1, 0.15) is 0 Å². The number of aryl methyl sites for hydroxylation is 1. The van der Waals surface area contributed by atoms with Gasteiger partial charge >= 0.3 is 0 Å². The normalized spacial score (nSPS) is 14.5. The van der Waals surface area contributed by atoms with Crippen LogP contribution in [0.15, 0.2) is 24.3 Å². The number of para-hydroxylation sites is 1. The maximum absolute atomic E-state index is 9.41. The van der Waals surface area contributed by atoms with Gasteiger partial charge in [-0.25, -0.2) is 0 Å². The van der Waals surface area contributed by atoms with Gasteiger partial charge in [0.05, 0.1) is 12.6 Å². The van der Waals surface area contributed by atoms with E-state index in [0.29, 0.717) is 5.92 Å². The van der Waals surface area contributed by atoms with Crippen LogP contribution in [0.25, 0.3) is 0 Å². The Morgan fingerprint density at radius 1 is 1.31 bits per heavy atom. The first-order valence-electron chi connectivity index (χ1n) is 6.12. The first-order chi connectivity index (χ1) is 7.69. The van der Waals surface area contributed by atoms with Crippen LogP contribution < -0.4 is 5.32 Å². The summed E-state index contributed by atoms with van der Waals surface area (Å²) in [6.45, 7) is 6.64. The molecule has 0 aliphatic rings. The SMILES string of the molecule is CCCC(C)C(CO)Nc1ccccc1C. The van der Waals surface area contributed by atoms with E-state index in [2.05, 4.69) is 38.2 Å². The fourth-order valence-corrected chi connectivity index (χ4v) is 1.96. The van der Waals surface area contributed by atoms with Crippen molar-refractivity contribution in [1.29, 1.82) is 0 Å². The van der Waals surface area contributed by atoms with Crippen molar-refractivity contribution < 1.29 is 5.11 Å². The average molecular weight is 221 g/mol. The molecule has 2 heteroatoms. The first kappa shape index (κ1) is 13.0. The summed E-state index contributed by atoms with van der Waals surface area (Å²) >= 11 is 0. The fourth-order valence-electron chi connectivity index (χ4n) is 1.96. The van der Waals surface area contributed by atoms with Gasteiger partial charge in [-0.2, -0.15) is 0 Å². The number of nitrogens with one attached hydrogen (secondary N) is 1. The van der Waals surface area contributed by atoms with Crippen LogP contribution in [0.5, 0.6) is 0 Å². The third-order valence-electron chi connectivity index (χ3n) is 3.11. The molecule has 16 heavy (non-hydrogen) atoms. The second kappa shape index (κ2) is 6.54. The molecular weight excluding hydrogens is 198 g/mol. The van der Waals surface area contributed by atoms with Crippen LogP contribution in [-0.4, -0.2) is 17.8 Å². The highest BCUT2D eigenvalue weighted by Gasteiger charge is 2.15. The second-order valence-corrected chi connectivity index (χ2v) is 4.51. The zero-order chi connectivity index (χ0) is 12.0. The van der Waals surface area contributed by atoms with Crippen LogP contribution in [0.4, 0.5) is 5.69 Å². The van der Waals surface area contributed by atoms with Gasteiger partial charge in [0, 0.05) is 5.69 Å². The summed E-state index contributed by atoms with van der Waals surface area (Å²) in [6.07, 6.45) is 2.30.